The van der Waals surface area contributed by atoms with Crippen LogP contribution in [0.5, 0.6) is 0 Å². The normalized spacial score (nSPS) is 20.1. The number of nitrogens with one attached hydrogen (secondary N) is 2. The van der Waals surface area contributed by atoms with Gasteiger partial charge in [-0.15, -0.1) is 35.3 Å². The smallest absolute Gasteiger partial charge is 0.191 e. The molecule has 0 atom stereocenters. The van der Waals surface area contributed by atoms with Crippen molar-refractivity contribution in [3.05, 3.63) is 17.5 Å². The summed E-state index contributed by atoms with van der Waals surface area (Å²) in [5.41, 5.74) is 0. The molecule has 160 valence electrons. The van der Waals surface area contributed by atoms with E-state index in [1.807, 2.05) is 18.4 Å². The standard InChI is InChI=1S/C21H37N5S.HI/c1-18-7-13-25(14-8-18)12-4-3-11-23-21(22-2)24-19-9-15-26(16-10-19)20-6-5-17-27-20;/h5-6,17-19H,3-4,7-16H2,1-2H3,(H2,22,23,24);1H. The van der Waals surface area contributed by atoms with Crippen LogP contribution in [0.25, 0.3) is 0 Å². The van der Waals surface area contributed by atoms with E-state index in [1.54, 1.807) is 0 Å². The SMILES string of the molecule is CN=C(NCCCCN1CCC(C)CC1)NC1CCN(c2cccs2)CC1.I. The molecule has 5 nitrogen and oxygen atoms in total. The molecule has 2 saturated heterocycles. The van der Waals surface area contributed by atoms with Gasteiger partial charge in [0, 0.05) is 32.7 Å². The van der Waals surface area contributed by atoms with Crippen molar-refractivity contribution in [1.29, 1.82) is 0 Å². The fraction of sp³-hybridized carbons (Fsp3) is 0.762. The van der Waals surface area contributed by atoms with Crippen molar-refractivity contribution in [1.82, 2.24) is 15.5 Å². The summed E-state index contributed by atoms with van der Waals surface area (Å²) in [6, 6.07) is 4.90. The molecule has 0 saturated carbocycles. The number of likely N-dealkylation sites (tertiary alicyclic amines) is 1. The monoisotopic (exact) mass is 519 g/mol. The molecule has 0 radical (unpaired) electrons. The van der Waals surface area contributed by atoms with Gasteiger partial charge in [0.2, 0.25) is 0 Å². The van der Waals surface area contributed by atoms with Gasteiger partial charge in [0.1, 0.15) is 0 Å². The molecule has 2 fully saturated rings. The summed E-state index contributed by atoms with van der Waals surface area (Å²) in [5.74, 6) is 1.89. The first-order valence-electron chi connectivity index (χ1n) is 10.7. The lowest BCUT2D eigenvalue weighted by molar-refractivity contribution is 0.189. The zero-order chi connectivity index (χ0) is 18.9. The van der Waals surface area contributed by atoms with Gasteiger partial charge in [-0.2, -0.15) is 0 Å². The highest BCUT2D eigenvalue weighted by Crippen LogP contribution is 2.24. The van der Waals surface area contributed by atoms with Crippen molar-refractivity contribution >= 4 is 46.3 Å². The second kappa shape index (κ2) is 12.9. The molecule has 0 aromatic carbocycles. The first-order chi connectivity index (χ1) is 13.2. The molecular weight excluding hydrogens is 481 g/mol. The van der Waals surface area contributed by atoms with E-state index in [0.717, 1.165) is 31.5 Å². The summed E-state index contributed by atoms with van der Waals surface area (Å²) in [5, 5.41) is 10.7. The summed E-state index contributed by atoms with van der Waals surface area (Å²) < 4.78 is 0. The first-order valence-corrected chi connectivity index (χ1v) is 11.6. The van der Waals surface area contributed by atoms with E-state index in [2.05, 4.69) is 49.9 Å². The number of hydrogen-bond acceptors (Lipinski definition) is 4. The molecule has 0 unspecified atom stereocenters. The first kappa shape index (κ1) is 23.7. The zero-order valence-corrected chi connectivity index (χ0v) is 20.7. The van der Waals surface area contributed by atoms with E-state index >= 15 is 0 Å². The second-order valence-electron chi connectivity index (χ2n) is 8.09. The third-order valence-electron chi connectivity index (χ3n) is 5.95. The van der Waals surface area contributed by atoms with Gasteiger partial charge < -0.3 is 20.4 Å². The molecule has 0 aliphatic carbocycles. The summed E-state index contributed by atoms with van der Waals surface area (Å²) in [7, 11) is 1.88. The van der Waals surface area contributed by atoms with Crippen LogP contribution >= 0.6 is 35.3 Å². The van der Waals surface area contributed by atoms with E-state index in [1.165, 1.54) is 63.2 Å². The predicted octanol–water partition coefficient (Wildman–Crippen LogP) is 4.01. The molecule has 2 aliphatic rings. The summed E-state index contributed by atoms with van der Waals surface area (Å²) in [4.78, 5) is 9.55. The number of piperidine rings is 2. The van der Waals surface area contributed by atoms with Gasteiger partial charge in [-0.3, -0.25) is 4.99 Å². The zero-order valence-electron chi connectivity index (χ0n) is 17.5. The minimum atomic E-state index is 0. The van der Waals surface area contributed by atoms with E-state index in [-0.39, 0.29) is 24.0 Å². The van der Waals surface area contributed by atoms with Gasteiger partial charge in [0.15, 0.2) is 5.96 Å². The second-order valence-corrected chi connectivity index (χ2v) is 9.01. The van der Waals surface area contributed by atoms with Crippen LogP contribution in [-0.4, -0.2) is 63.2 Å². The van der Waals surface area contributed by atoms with Gasteiger partial charge in [-0.05, 0) is 81.6 Å². The maximum absolute atomic E-state index is 4.42. The fourth-order valence-corrected chi connectivity index (χ4v) is 4.82. The maximum atomic E-state index is 4.42. The van der Waals surface area contributed by atoms with Crippen molar-refractivity contribution in [2.45, 2.75) is 51.5 Å². The van der Waals surface area contributed by atoms with Crippen LogP contribution < -0.4 is 15.5 Å². The van der Waals surface area contributed by atoms with Gasteiger partial charge in [0.25, 0.3) is 0 Å². The molecule has 2 aliphatic heterocycles. The summed E-state index contributed by atoms with van der Waals surface area (Å²) in [6.07, 6.45) is 7.58. The molecule has 0 bridgehead atoms. The topological polar surface area (TPSA) is 42.9 Å². The Morgan fingerprint density at radius 1 is 1.14 bits per heavy atom. The number of guanidine groups is 1. The van der Waals surface area contributed by atoms with Crippen molar-refractivity contribution in [3.63, 3.8) is 0 Å². The van der Waals surface area contributed by atoms with Crippen molar-refractivity contribution in [2.75, 3.05) is 51.2 Å². The van der Waals surface area contributed by atoms with Crippen molar-refractivity contribution in [3.8, 4) is 0 Å². The number of hydrogen-bond donors (Lipinski definition) is 2. The van der Waals surface area contributed by atoms with Gasteiger partial charge in [0.05, 0.1) is 5.00 Å². The Balaban J connectivity index is 0.00000280. The molecule has 7 heteroatoms. The molecule has 3 heterocycles. The molecule has 0 spiro atoms. The van der Waals surface area contributed by atoms with E-state index in [4.69, 9.17) is 0 Å². The number of thiophene rings is 1. The fourth-order valence-electron chi connectivity index (χ4n) is 4.03. The lowest BCUT2D eigenvalue weighted by Crippen LogP contribution is -2.48. The maximum Gasteiger partial charge on any atom is 0.191 e. The quantitative estimate of drug-likeness (QED) is 0.247. The van der Waals surface area contributed by atoms with Gasteiger partial charge in [-0.25, -0.2) is 0 Å². The van der Waals surface area contributed by atoms with Crippen LogP contribution in [0.2, 0.25) is 0 Å². The van der Waals surface area contributed by atoms with Crippen LogP contribution in [0.4, 0.5) is 5.00 Å². The molecule has 3 rings (SSSR count). The van der Waals surface area contributed by atoms with E-state index in [9.17, 15) is 0 Å². The third kappa shape index (κ3) is 7.71. The van der Waals surface area contributed by atoms with Crippen LogP contribution in [0.15, 0.2) is 22.5 Å². The largest absolute Gasteiger partial charge is 0.363 e. The molecule has 0 amide bonds. The van der Waals surface area contributed by atoms with Gasteiger partial charge in [-0.1, -0.05) is 6.92 Å². The minimum Gasteiger partial charge on any atom is -0.363 e. The Hall–Kier alpha value is -0.540. The van der Waals surface area contributed by atoms with Gasteiger partial charge >= 0.3 is 0 Å². The number of halogens is 1. The minimum absolute atomic E-state index is 0. The van der Waals surface area contributed by atoms with Crippen molar-refractivity contribution < 1.29 is 0 Å². The highest BCUT2D eigenvalue weighted by Gasteiger charge is 2.20. The number of unbranched alkanes of at least 4 members (excludes halogenated alkanes) is 1. The summed E-state index contributed by atoms with van der Waals surface area (Å²) >= 11 is 1.84. The average molecular weight is 520 g/mol. The number of anilines is 1. The highest BCUT2D eigenvalue weighted by atomic mass is 127. The van der Waals surface area contributed by atoms with Crippen molar-refractivity contribution in [2.24, 2.45) is 10.9 Å². The van der Waals surface area contributed by atoms with E-state index < -0.39 is 0 Å². The number of nitrogens with zero attached hydrogens (tertiary/aromatic N) is 3. The third-order valence-corrected chi connectivity index (χ3v) is 6.88. The van der Waals surface area contributed by atoms with E-state index in [0.29, 0.717) is 6.04 Å². The Morgan fingerprint density at radius 3 is 2.54 bits per heavy atom. The molecular formula is C21H38IN5S. The van der Waals surface area contributed by atoms with Crippen LogP contribution in [0.1, 0.15) is 45.4 Å². The lowest BCUT2D eigenvalue weighted by atomic mass is 9.99. The molecule has 1 aromatic heterocycles. The number of rotatable bonds is 7. The predicted molar refractivity (Wildman–Crippen MR) is 134 cm³/mol. The summed E-state index contributed by atoms with van der Waals surface area (Å²) in [6.45, 7) is 9.49. The molecule has 1 aromatic rings. The average Bonchev–Trinajstić information content (AvgIpc) is 3.23. The highest BCUT2D eigenvalue weighted by molar-refractivity contribution is 14.0. The van der Waals surface area contributed by atoms with Crippen LogP contribution in [-0.2, 0) is 0 Å². The Morgan fingerprint density at radius 2 is 1.89 bits per heavy atom. The molecule has 2 N–H and O–H groups in total. The Kier molecular flexibility index (Phi) is 10.9. The lowest BCUT2D eigenvalue weighted by Gasteiger charge is -2.33. The van der Waals surface area contributed by atoms with Crippen LogP contribution in [0.3, 0.4) is 0 Å². The Bertz CT molecular complexity index is 549. The Labute approximate surface area is 192 Å². The molecule has 28 heavy (non-hydrogen) atoms. The van der Waals surface area contributed by atoms with Crippen LogP contribution in [0, 0.1) is 5.92 Å². The number of aliphatic imine (C=N–C) groups is 1.